The van der Waals surface area contributed by atoms with E-state index in [0.717, 1.165) is 32.6 Å². The normalized spacial score (nSPS) is 26.0. The van der Waals surface area contributed by atoms with Crippen molar-refractivity contribution in [3.05, 3.63) is 11.1 Å². The van der Waals surface area contributed by atoms with Gasteiger partial charge in [0, 0.05) is 50.6 Å². The number of carbonyl (C=O) groups excluding carboxylic acids is 2. The highest BCUT2D eigenvalue weighted by Gasteiger charge is 2.50. The van der Waals surface area contributed by atoms with Gasteiger partial charge < -0.3 is 19.9 Å². The molecule has 0 bridgehead atoms. The molecule has 2 saturated heterocycles. The summed E-state index contributed by atoms with van der Waals surface area (Å²) in [4.78, 5) is 30.1. The highest BCUT2D eigenvalue weighted by Crippen LogP contribution is 2.40. The topological polar surface area (TPSA) is 61.9 Å². The zero-order chi connectivity index (χ0) is 20.1. The van der Waals surface area contributed by atoms with Crippen molar-refractivity contribution in [2.75, 3.05) is 39.3 Å². The second-order valence-corrected chi connectivity index (χ2v) is 8.52. The van der Waals surface area contributed by atoms with E-state index < -0.39 is 5.60 Å². The summed E-state index contributed by atoms with van der Waals surface area (Å²) in [6.45, 7) is 11.7. The zero-order valence-electron chi connectivity index (χ0n) is 17.9. The van der Waals surface area contributed by atoms with Gasteiger partial charge in [-0.3, -0.25) is 4.79 Å². The van der Waals surface area contributed by atoms with Crippen LogP contribution in [0.1, 0.15) is 65.7 Å². The van der Waals surface area contributed by atoms with E-state index in [4.69, 9.17) is 4.74 Å². The average Bonchev–Trinajstić information content (AvgIpc) is 2.95. The van der Waals surface area contributed by atoms with Crippen LogP contribution < -0.4 is 5.32 Å². The number of piperidine rings is 2. The van der Waals surface area contributed by atoms with E-state index >= 15 is 0 Å². The maximum Gasteiger partial charge on any atom is 0.335 e. The maximum atomic E-state index is 13.0. The molecule has 0 unspecified atom stereocenters. The molecule has 0 aromatic heterocycles. The molecule has 1 N–H and O–H groups in total. The molecule has 0 aromatic rings. The van der Waals surface area contributed by atoms with Gasteiger partial charge in [-0.1, -0.05) is 20.3 Å². The second-order valence-electron chi connectivity index (χ2n) is 8.52. The van der Waals surface area contributed by atoms with Crippen LogP contribution in [0.15, 0.2) is 11.1 Å². The Kier molecular flexibility index (Phi) is 7.15. The predicted octanol–water partition coefficient (Wildman–Crippen LogP) is 2.49. The maximum absolute atomic E-state index is 13.0. The number of rotatable bonds is 7. The number of nitrogens with zero attached hydrogens (tertiary/aromatic N) is 2. The lowest BCUT2D eigenvalue weighted by Crippen LogP contribution is -2.49. The number of amides is 1. The van der Waals surface area contributed by atoms with Gasteiger partial charge in [0.05, 0.1) is 5.57 Å². The van der Waals surface area contributed by atoms with Gasteiger partial charge in [-0.2, -0.15) is 0 Å². The Morgan fingerprint density at radius 1 is 1.21 bits per heavy atom. The number of nitrogens with one attached hydrogen (secondary N) is 1. The summed E-state index contributed by atoms with van der Waals surface area (Å²) < 4.78 is 5.75. The summed E-state index contributed by atoms with van der Waals surface area (Å²) in [7, 11) is 0. The first-order valence-electron chi connectivity index (χ1n) is 11.2. The fourth-order valence-corrected chi connectivity index (χ4v) is 5.10. The smallest absolute Gasteiger partial charge is 0.335 e. The molecular formula is C22H37N3O3. The number of carbonyl (C=O) groups is 2. The van der Waals surface area contributed by atoms with E-state index in [1.165, 1.54) is 32.2 Å². The molecule has 6 heteroatoms. The molecule has 1 atom stereocenters. The summed E-state index contributed by atoms with van der Waals surface area (Å²) in [6.07, 6.45) is 7.48. The predicted molar refractivity (Wildman–Crippen MR) is 110 cm³/mol. The number of likely N-dealkylation sites (tertiary alicyclic amines) is 2. The largest absolute Gasteiger partial charge is 0.450 e. The number of ether oxygens (including phenoxy) is 1. The van der Waals surface area contributed by atoms with Crippen LogP contribution in [0.2, 0.25) is 0 Å². The fraction of sp³-hybridized carbons (Fsp3) is 0.818. The van der Waals surface area contributed by atoms with Crippen molar-refractivity contribution < 1.29 is 14.3 Å². The monoisotopic (exact) mass is 391 g/mol. The standard InChI is InChI=1S/C22H37N3O3/c1-4-18-9-6-7-13-25(18)14-8-12-23-20(26)19-17(3)21(27)28-22(19)10-15-24(5-2)16-11-22/h18H,4-16H2,1-3H3,(H,23,26)/t18-/m0/s1. The molecule has 0 aromatic carbocycles. The summed E-state index contributed by atoms with van der Waals surface area (Å²) in [5.74, 6) is -0.437. The Morgan fingerprint density at radius 3 is 2.64 bits per heavy atom. The third-order valence-electron chi connectivity index (χ3n) is 6.89. The molecule has 1 amide bonds. The molecule has 158 valence electrons. The van der Waals surface area contributed by atoms with Crippen LogP contribution in [0.25, 0.3) is 0 Å². The van der Waals surface area contributed by atoms with Crippen molar-refractivity contribution in [2.24, 2.45) is 0 Å². The average molecular weight is 392 g/mol. The van der Waals surface area contributed by atoms with Crippen molar-refractivity contribution >= 4 is 11.9 Å². The summed E-state index contributed by atoms with van der Waals surface area (Å²) >= 11 is 0. The van der Waals surface area contributed by atoms with Crippen molar-refractivity contribution in [2.45, 2.75) is 77.4 Å². The first-order valence-corrected chi connectivity index (χ1v) is 11.2. The Labute approximate surface area is 169 Å². The van der Waals surface area contributed by atoms with E-state index in [1.54, 1.807) is 6.92 Å². The first kappa shape index (κ1) is 21.3. The molecule has 3 aliphatic heterocycles. The molecule has 1 spiro atoms. The lowest BCUT2D eigenvalue weighted by Gasteiger charge is -2.39. The molecule has 0 radical (unpaired) electrons. The number of hydrogen-bond acceptors (Lipinski definition) is 5. The molecular weight excluding hydrogens is 354 g/mol. The quantitative estimate of drug-likeness (QED) is 0.534. The van der Waals surface area contributed by atoms with E-state index in [1.807, 2.05) is 0 Å². The minimum atomic E-state index is -0.711. The van der Waals surface area contributed by atoms with Gasteiger partial charge in [-0.15, -0.1) is 0 Å². The fourth-order valence-electron chi connectivity index (χ4n) is 5.10. The lowest BCUT2D eigenvalue weighted by molar-refractivity contribution is -0.150. The van der Waals surface area contributed by atoms with Gasteiger partial charge in [0.25, 0.3) is 5.91 Å². The van der Waals surface area contributed by atoms with Crippen LogP contribution in [0.3, 0.4) is 0 Å². The molecule has 0 aliphatic carbocycles. The van der Waals surface area contributed by atoms with Gasteiger partial charge in [-0.25, -0.2) is 4.79 Å². The van der Waals surface area contributed by atoms with Crippen LogP contribution in [-0.4, -0.2) is 72.6 Å². The zero-order valence-corrected chi connectivity index (χ0v) is 17.9. The van der Waals surface area contributed by atoms with Gasteiger partial charge in [-0.05, 0) is 45.7 Å². The molecule has 28 heavy (non-hydrogen) atoms. The molecule has 2 fully saturated rings. The minimum absolute atomic E-state index is 0.112. The van der Waals surface area contributed by atoms with E-state index in [9.17, 15) is 9.59 Å². The Bertz CT molecular complexity index is 608. The molecule has 3 heterocycles. The summed E-state index contributed by atoms with van der Waals surface area (Å²) in [6, 6.07) is 0.697. The summed E-state index contributed by atoms with van der Waals surface area (Å²) in [5.41, 5.74) is 0.360. The summed E-state index contributed by atoms with van der Waals surface area (Å²) in [5, 5.41) is 3.08. The van der Waals surface area contributed by atoms with Crippen molar-refractivity contribution in [3.8, 4) is 0 Å². The minimum Gasteiger partial charge on any atom is -0.450 e. The highest BCUT2D eigenvalue weighted by atomic mass is 16.6. The van der Waals surface area contributed by atoms with Gasteiger partial charge in [0.1, 0.15) is 5.60 Å². The van der Waals surface area contributed by atoms with E-state index in [-0.39, 0.29) is 11.9 Å². The van der Waals surface area contributed by atoms with Gasteiger partial charge in [0.2, 0.25) is 0 Å². The van der Waals surface area contributed by atoms with Crippen molar-refractivity contribution in [3.63, 3.8) is 0 Å². The van der Waals surface area contributed by atoms with Crippen LogP contribution in [0, 0.1) is 0 Å². The highest BCUT2D eigenvalue weighted by molar-refractivity contribution is 6.07. The van der Waals surface area contributed by atoms with E-state index in [0.29, 0.717) is 36.6 Å². The van der Waals surface area contributed by atoms with Crippen LogP contribution in [0.5, 0.6) is 0 Å². The lowest BCUT2D eigenvalue weighted by atomic mass is 9.82. The van der Waals surface area contributed by atoms with E-state index in [2.05, 4.69) is 29.0 Å². The van der Waals surface area contributed by atoms with Crippen LogP contribution in [0.4, 0.5) is 0 Å². The number of hydrogen-bond donors (Lipinski definition) is 1. The van der Waals surface area contributed by atoms with Crippen LogP contribution >= 0.6 is 0 Å². The molecule has 3 rings (SSSR count). The van der Waals surface area contributed by atoms with Crippen molar-refractivity contribution in [1.82, 2.24) is 15.1 Å². The Morgan fingerprint density at radius 2 is 1.96 bits per heavy atom. The van der Waals surface area contributed by atoms with Crippen LogP contribution in [-0.2, 0) is 14.3 Å². The Balaban J connectivity index is 1.54. The second kappa shape index (κ2) is 9.40. The Hall–Kier alpha value is -1.40. The van der Waals surface area contributed by atoms with Gasteiger partial charge in [0.15, 0.2) is 0 Å². The third-order valence-corrected chi connectivity index (χ3v) is 6.89. The third kappa shape index (κ3) is 4.43. The first-order chi connectivity index (χ1) is 13.5. The van der Waals surface area contributed by atoms with Gasteiger partial charge >= 0.3 is 5.97 Å². The molecule has 6 nitrogen and oxygen atoms in total. The van der Waals surface area contributed by atoms with Crippen molar-refractivity contribution in [1.29, 1.82) is 0 Å². The SMILES string of the molecule is CC[C@H]1CCCCN1CCCNC(=O)C1=C(C)C(=O)OC12CCN(CC)CC2. The number of esters is 1. The molecule has 0 saturated carbocycles. The molecule has 3 aliphatic rings.